The Morgan fingerprint density at radius 1 is 1.14 bits per heavy atom. The van der Waals surface area contributed by atoms with Gasteiger partial charge in [0.1, 0.15) is 12.4 Å². The number of carbonyl (C=O) groups is 1. The molecule has 0 aliphatic heterocycles. The Bertz CT molecular complexity index is 1180. The summed E-state index contributed by atoms with van der Waals surface area (Å²) in [4.78, 5) is 29.5. The lowest BCUT2D eigenvalue weighted by Gasteiger charge is -2.12. The van der Waals surface area contributed by atoms with Crippen LogP contribution in [0.1, 0.15) is 27.4 Å². The van der Waals surface area contributed by atoms with Crippen molar-refractivity contribution in [1.29, 1.82) is 0 Å². The summed E-state index contributed by atoms with van der Waals surface area (Å²) in [6.07, 6.45) is 1.69. The summed E-state index contributed by atoms with van der Waals surface area (Å²) < 4.78 is 8.95. The van der Waals surface area contributed by atoms with Crippen LogP contribution in [0.5, 0.6) is 5.75 Å². The van der Waals surface area contributed by atoms with Crippen LogP contribution < -0.4 is 15.7 Å². The van der Waals surface area contributed by atoms with E-state index in [2.05, 4.69) is 10.4 Å². The van der Waals surface area contributed by atoms with Crippen molar-refractivity contribution >= 4 is 22.2 Å². The maximum absolute atomic E-state index is 12.4. The summed E-state index contributed by atoms with van der Waals surface area (Å²) in [6.45, 7) is 4.03. The Balaban J connectivity index is 1.42. The van der Waals surface area contributed by atoms with Crippen LogP contribution in [0.4, 0.5) is 0 Å². The maximum atomic E-state index is 12.4. The SMILES string of the molecule is Cc1ccc(C)n1NC(=O)c1ccc(OCc2cc(=O)n3ccsc3n2)cc1. The molecule has 0 radical (unpaired) electrons. The lowest BCUT2D eigenvalue weighted by molar-refractivity contribution is 0.101. The van der Waals surface area contributed by atoms with E-state index in [-0.39, 0.29) is 18.1 Å². The fourth-order valence-electron chi connectivity index (χ4n) is 2.83. The highest BCUT2D eigenvalue weighted by molar-refractivity contribution is 7.15. The van der Waals surface area contributed by atoms with E-state index in [4.69, 9.17) is 4.74 Å². The maximum Gasteiger partial charge on any atom is 0.270 e. The topological polar surface area (TPSA) is 77.6 Å². The van der Waals surface area contributed by atoms with Gasteiger partial charge in [0.2, 0.25) is 0 Å². The minimum absolute atomic E-state index is 0.132. The first-order valence-electron chi connectivity index (χ1n) is 8.66. The molecule has 0 fully saturated rings. The smallest absolute Gasteiger partial charge is 0.270 e. The third kappa shape index (κ3) is 3.54. The van der Waals surface area contributed by atoms with Crippen molar-refractivity contribution in [2.24, 2.45) is 0 Å². The van der Waals surface area contributed by atoms with Gasteiger partial charge >= 0.3 is 0 Å². The molecule has 3 aromatic heterocycles. The number of rotatable bonds is 5. The molecule has 7 nitrogen and oxygen atoms in total. The van der Waals surface area contributed by atoms with E-state index in [9.17, 15) is 9.59 Å². The second-order valence-corrected chi connectivity index (χ2v) is 7.22. The molecular formula is C20H18N4O3S. The first kappa shape index (κ1) is 18.0. The van der Waals surface area contributed by atoms with Gasteiger partial charge in [-0.05, 0) is 50.2 Å². The number of thiazole rings is 1. The Labute approximate surface area is 164 Å². The summed E-state index contributed by atoms with van der Waals surface area (Å²) in [5.74, 6) is 0.393. The second kappa shape index (κ2) is 7.32. The molecule has 0 saturated heterocycles. The largest absolute Gasteiger partial charge is 0.487 e. The fraction of sp³-hybridized carbons (Fsp3) is 0.150. The number of fused-ring (bicyclic) bond motifs is 1. The van der Waals surface area contributed by atoms with E-state index in [1.807, 2.05) is 31.4 Å². The van der Waals surface area contributed by atoms with Crippen molar-refractivity contribution in [2.45, 2.75) is 20.5 Å². The van der Waals surface area contributed by atoms with Gasteiger partial charge in [0.25, 0.3) is 11.5 Å². The lowest BCUT2D eigenvalue weighted by Crippen LogP contribution is -2.24. The average Bonchev–Trinajstić information content (AvgIpc) is 3.29. The minimum Gasteiger partial charge on any atom is -0.487 e. The van der Waals surface area contributed by atoms with E-state index in [1.54, 1.807) is 35.1 Å². The average molecular weight is 394 g/mol. The Morgan fingerprint density at radius 2 is 1.86 bits per heavy atom. The van der Waals surface area contributed by atoms with E-state index >= 15 is 0 Å². The number of nitrogens with zero attached hydrogens (tertiary/aromatic N) is 3. The predicted octanol–water partition coefficient (Wildman–Crippen LogP) is 3.14. The van der Waals surface area contributed by atoms with E-state index < -0.39 is 0 Å². The number of amides is 1. The van der Waals surface area contributed by atoms with Crippen LogP contribution in [-0.2, 0) is 6.61 Å². The van der Waals surface area contributed by atoms with Gasteiger partial charge in [-0.2, -0.15) is 0 Å². The highest BCUT2D eigenvalue weighted by Gasteiger charge is 2.09. The first-order chi connectivity index (χ1) is 13.5. The molecule has 0 atom stereocenters. The van der Waals surface area contributed by atoms with Gasteiger partial charge in [0.05, 0.1) is 5.69 Å². The van der Waals surface area contributed by atoms with Gasteiger partial charge in [-0.1, -0.05) is 0 Å². The van der Waals surface area contributed by atoms with Crippen molar-refractivity contribution in [2.75, 3.05) is 5.43 Å². The number of hydrogen-bond acceptors (Lipinski definition) is 5. The molecule has 1 amide bonds. The zero-order chi connectivity index (χ0) is 19.7. The number of carbonyl (C=O) groups excluding carboxylic acids is 1. The van der Waals surface area contributed by atoms with Gasteiger partial charge in [-0.3, -0.25) is 24.1 Å². The zero-order valence-electron chi connectivity index (χ0n) is 15.4. The standard InChI is InChI=1S/C20H18N4O3S/c1-13-3-4-14(2)24(13)22-19(26)15-5-7-17(8-6-15)27-12-16-11-18(25)23-9-10-28-20(23)21-16/h3-11H,12H2,1-2H3,(H,22,26). The second-order valence-electron chi connectivity index (χ2n) is 6.35. The number of hydrogen-bond donors (Lipinski definition) is 1. The molecule has 3 heterocycles. The Kier molecular flexibility index (Phi) is 4.70. The fourth-order valence-corrected chi connectivity index (χ4v) is 3.57. The van der Waals surface area contributed by atoms with Crippen LogP contribution in [0.3, 0.4) is 0 Å². The van der Waals surface area contributed by atoms with E-state index in [0.29, 0.717) is 22.0 Å². The Morgan fingerprint density at radius 3 is 2.57 bits per heavy atom. The van der Waals surface area contributed by atoms with Crippen molar-refractivity contribution in [1.82, 2.24) is 14.1 Å². The third-order valence-corrected chi connectivity index (χ3v) is 5.10. The molecule has 28 heavy (non-hydrogen) atoms. The summed E-state index contributed by atoms with van der Waals surface area (Å²) in [6, 6.07) is 12.2. The molecule has 4 rings (SSSR count). The zero-order valence-corrected chi connectivity index (χ0v) is 16.2. The van der Waals surface area contributed by atoms with Gasteiger partial charge in [-0.25, -0.2) is 4.98 Å². The molecule has 0 unspecified atom stereocenters. The summed E-state index contributed by atoms with van der Waals surface area (Å²) in [7, 11) is 0. The molecular weight excluding hydrogens is 376 g/mol. The van der Waals surface area contributed by atoms with Crippen molar-refractivity contribution in [3.63, 3.8) is 0 Å². The molecule has 0 aliphatic rings. The van der Waals surface area contributed by atoms with Crippen LogP contribution in [0.25, 0.3) is 4.96 Å². The molecule has 142 valence electrons. The Hall–Kier alpha value is -3.39. The quantitative estimate of drug-likeness (QED) is 0.564. The van der Waals surface area contributed by atoms with Gasteiger partial charge in [0, 0.05) is 34.6 Å². The molecule has 1 N–H and O–H groups in total. The molecule has 0 spiro atoms. The van der Waals surface area contributed by atoms with Crippen molar-refractivity contribution < 1.29 is 9.53 Å². The first-order valence-corrected chi connectivity index (χ1v) is 9.54. The van der Waals surface area contributed by atoms with E-state index in [1.165, 1.54) is 21.8 Å². The van der Waals surface area contributed by atoms with Crippen molar-refractivity contribution in [3.8, 4) is 5.75 Å². The summed E-state index contributed by atoms with van der Waals surface area (Å²) in [5.41, 5.74) is 5.73. The highest BCUT2D eigenvalue weighted by Crippen LogP contribution is 2.15. The van der Waals surface area contributed by atoms with Crippen LogP contribution >= 0.6 is 11.3 Å². The van der Waals surface area contributed by atoms with Crippen LogP contribution in [0, 0.1) is 13.8 Å². The number of nitrogens with one attached hydrogen (secondary N) is 1. The van der Waals surface area contributed by atoms with Crippen LogP contribution in [0.2, 0.25) is 0 Å². The van der Waals surface area contributed by atoms with Gasteiger partial charge < -0.3 is 4.74 Å². The molecule has 0 bridgehead atoms. The van der Waals surface area contributed by atoms with Gasteiger partial charge in [0.15, 0.2) is 4.96 Å². The molecule has 0 aliphatic carbocycles. The lowest BCUT2D eigenvalue weighted by atomic mass is 10.2. The highest BCUT2D eigenvalue weighted by atomic mass is 32.1. The number of aromatic nitrogens is 3. The summed E-state index contributed by atoms with van der Waals surface area (Å²) in [5, 5.41) is 1.81. The summed E-state index contributed by atoms with van der Waals surface area (Å²) >= 11 is 1.40. The number of ether oxygens (including phenoxy) is 1. The van der Waals surface area contributed by atoms with Crippen molar-refractivity contribution in [3.05, 3.63) is 87.0 Å². The van der Waals surface area contributed by atoms with Crippen LogP contribution in [0.15, 0.2) is 58.8 Å². The predicted molar refractivity (Wildman–Crippen MR) is 108 cm³/mol. The monoisotopic (exact) mass is 394 g/mol. The molecule has 1 aromatic carbocycles. The number of aryl methyl sites for hydroxylation is 2. The molecule has 0 saturated carbocycles. The van der Waals surface area contributed by atoms with Crippen LogP contribution in [-0.4, -0.2) is 20.0 Å². The molecule has 4 aromatic rings. The van der Waals surface area contributed by atoms with E-state index in [0.717, 1.165) is 11.4 Å². The minimum atomic E-state index is -0.202. The normalized spacial score (nSPS) is 10.9. The molecule has 8 heteroatoms. The number of benzene rings is 1. The third-order valence-electron chi connectivity index (χ3n) is 4.34. The van der Waals surface area contributed by atoms with Gasteiger partial charge in [-0.15, -0.1) is 11.3 Å².